The summed E-state index contributed by atoms with van der Waals surface area (Å²) in [6.07, 6.45) is 4.23. The van der Waals surface area contributed by atoms with E-state index in [1.165, 1.54) is 0 Å². The molecule has 16 heavy (non-hydrogen) atoms. The summed E-state index contributed by atoms with van der Waals surface area (Å²) in [6, 6.07) is 0. The second-order valence-electron chi connectivity index (χ2n) is 4.80. The average molecular weight is 228 g/mol. The Hall–Kier alpha value is -0.610. The van der Waals surface area contributed by atoms with Gasteiger partial charge in [-0.15, -0.1) is 0 Å². The quantitative estimate of drug-likeness (QED) is 0.803. The van der Waals surface area contributed by atoms with E-state index >= 15 is 0 Å². The topological polar surface area (TPSA) is 55.8 Å². The van der Waals surface area contributed by atoms with Gasteiger partial charge in [-0.1, -0.05) is 6.92 Å². The summed E-state index contributed by atoms with van der Waals surface area (Å²) < 4.78 is 11.3. The van der Waals surface area contributed by atoms with Crippen LogP contribution in [0.2, 0.25) is 0 Å². The molecule has 1 unspecified atom stereocenters. The van der Waals surface area contributed by atoms with E-state index in [1.807, 2.05) is 6.92 Å². The van der Waals surface area contributed by atoms with Gasteiger partial charge < -0.3 is 14.6 Å². The average Bonchev–Trinajstić information content (AvgIpc) is 2.70. The van der Waals surface area contributed by atoms with E-state index in [1.54, 1.807) is 0 Å². The van der Waals surface area contributed by atoms with Crippen molar-refractivity contribution in [1.29, 1.82) is 0 Å². The lowest BCUT2D eigenvalue weighted by molar-refractivity contribution is -0.186. The Labute approximate surface area is 95.9 Å². The van der Waals surface area contributed by atoms with Crippen LogP contribution in [0.3, 0.4) is 0 Å². The Morgan fingerprint density at radius 2 is 1.94 bits per heavy atom. The lowest BCUT2D eigenvalue weighted by atomic mass is 9.76. The molecule has 0 aromatic carbocycles. The van der Waals surface area contributed by atoms with Gasteiger partial charge in [-0.25, -0.2) is 0 Å². The number of carboxylic acid groups (broad SMARTS) is 1. The number of carboxylic acids is 1. The molecule has 1 atom stereocenters. The van der Waals surface area contributed by atoms with Gasteiger partial charge in [-0.2, -0.15) is 0 Å². The third-order valence-corrected chi connectivity index (χ3v) is 3.93. The molecule has 1 aliphatic heterocycles. The first-order valence-electron chi connectivity index (χ1n) is 6.17. The number of aliphatic carboxylic acids is 1. The fourth-order valence-electron chi connectivity index (χ4n) is 2.98. The Bertz CT molecular complexity index is 248. The second-order valence-corrected chi connectivity index (χ2v) is 4.80. The molecule has 2 fully saturated rings. The lowest BCUT2D eigenvalue weighted by Gasteiger charge is -2.37. The molecule has 4 nitrogen and oxygen atoms in total. The molecule has 1 saturated heterocycles. The van der Waals surface area contributed by atoms with Crippen molar-refractivity contribution in [2.45, 2.75) is 44.8 Å². The molecule has 1 N–H and O–H groups in total. The third kappa shape index (κ3) is 2.23. The minimum atomic E-state index is -0.656. The normalized spacial score (nSPS) is 27.1. The summed E-state index contributed by atoms with van der Waals surface area (Å²) in [6.45, 7) is 3.31. The van der Waals surface area contributed by atoms with Crippen molar-refractivity contribution < 1.29 is 19.4 Å². The van der Waals surface area contributed by atoms with Crippen molar-refractivity contribution in [3.05, 3.63) is 0 Å². The molecular weight excluding hydrogens is 208 g/mol. The highest BCUT2D eigenvalue weighted by molar-refractivity contribution is 5.70. The molecule has 0 aromatic heterocycles. The van der Waals surface area contributed by atoms with Crippen LogP contribution in [-0.2, 0) is 14.3 Å². The highest BCUT2D eigenvalue weighted by Gasteiger charge is 2.42. The minimum absolute atomic E-state index is 0.196. The number of carbonyl (C=O) groups is 1. The van der Waals surface area contributed by atoms with Crippen LogP contribution in [0.4, 0.5) is 0 Å². The maximum atomic E-state index is 11.1. The Kier molecular flexibility index (Phi) is 3.50. The molecule has 92 valence electrons. The van der Waals surface area contributed by atoms with E-state index in [0.29, 0.717) is 25.6 Å². The second kappa shape index (κ2) is 4.72. The van der Waals surface area contributed by atoms with Gasteiger partial charge >= 0.3 is 5.97 Å². The smallest absolute Gasteiger partial charge is 0.306 e. The number of hydrogen-bond donors (Lipinski definition) is 1. The van der Waals surface area contributed by atoms with E-state index in [4.69, 9.17) is 14.6 Å². The highest BCUT2D eigenvalue weighted by atomic mass is 16.7. The number of ether oxygens (including phenoxy) is 2. The predicted molar refractivity (Wildman–Crippen MR) is 58.0 cm³/mol. The van der Waals surface area contributed by atoms with Gasteiger partial charge in [0.05, 0.1) is 19.1 Å². The van der Waals surface area contributed by atoms with Crippen LogP contribution < -0.4 is 0 Å². The monoisotopic (exact) mass is 228 g/mol. The first-order chi connectivity index (χ1) is 7.67. The summed E-state index contributed by atoms with van der Waals surface area (Å²) in [5.41, 5.74) is 0. The first kappa shape index (κ1) is 11.9. The predicted octanol–water partition coefficient (Wildman–Crippen LogP) is 2.03. The van der Waals surface area contributed by atoms with Crippen LogP contribution in [0.1, 0.15) is 39.0 Å². The molecule has 1 spiro atoms. The van der Waals surface area contributed by atoms with Crippen LogP contribution in [0.25, 0.3) is 0 Å². The highest BCUT2D eigenvalue weighted by Crippen LogP contribution is 2.41. The maximum absolute atomic E-state index is 11.1. The molecule has 0 aromatic rings. The van der Waals surface area contributed by atoms with Crippen molar-refractivity contribution in [2.24, 2.45) is 11.8 Å². The summed E-state index contributed by atoms with van der Waals surface area (Å²) >= 11 is 0. The minimum Gasteiger partial charge on any atom is -0.481 e. The van der Waals surface area contributed by atoms with E-state index < -0.39 is 5.97 Å². The zero-order chi connectivity index (χ0) is 11.6. The zero-order valence-corrected chi connectivity index (χ0v) is 9.78. The van der Waals surface area contributed by atoms with Crippen molar-refractivity contribution in [3.8, 4) is 0 Å². The van der Waals surface area contributed by atoms with Gasteiger partial charge in [0, 0.05) is 12.8 Å². The molecule has 0 radical (unpaired) electrons. The maximum Gasteiger partial charge on any atom is 0.306 e. The van der Waals surface area contributed by atoms with Gasteiger partial charge in [-0.05, 0) is 25.2 Å². The Morgan fingerprint density at radius 1 is 1.38 bits per heavy atom. The van der Waals surface area contributed by atoms with Crippen molar-refractivity contribution >= 4 is 5.97 Å². The molecule has 0 amide bonds. The SMILES string of the molecule is CCC(C(=O)O)C1CCC2(CC1)OCCO2. The molecular formula is C12H20O4. The van der Waals surface area contributed by atoms with Crippen LogP contribution >= 0.6 is 0 Å². The number of rotatable bonds is 3. The van der Waals surface area contributed by atoms with E-state index in [0.717, 1.165) is 25.7 Å². The lowest BCUT2D eigenvalue weighted by Crippen LogP contribution is -2.38. The van der Waals surface area contributed by atoms with Crippen LogP contribution in [0.5, 0.6) is 0 Å². The van der Waals surface area contributed by atoms with Crippen LogP contribution in [-0.4, -0.2) is 30.1 Å². The van der Waals surface area contributed by atoms with Gasteiger partial charge in [0.25, 0.3) is 0 Å². The van der Waals surface area contributed by atoms with Crippen molar-refractivity contribution in [2.75, 3.05) is 13.2 Å². The van der Waals surface area contributed by atoms with Crippen LogP contribution in [0.15, 0.2) is 0 Å². The van der Waals surface area contributed by atoms with Gasteiger partial charge in [0.15, 0.2) is 5.79 Å². The molecule has 0 bridgehead atoms. The molecule has 1 aliphatic carbocycles. The van der Waals surface area contributed by atoms with Gasteiger partial charge in [0.1, 0.15) is 0 Å². The zero-order valence-electron chi connectivity index (χ0n) is 9.78. The molecule has 1 heterocycles. The Balaban J connectivity index is 1.91. The van der Waals surface area contributed by atoms with Crippen molar-refractivity contribution in [3.63, 3.8) is 0 Å². The van der Waals surface area contributed by atoms with Crippen molar-refractivity contribution in [1.82, 2.24) is 0 Å². The molecule has 2 aliphatic rings. The largest absolute Gasteiger partial charge is 0.481 e. The summed E-state index contributed by atoms with van der Waals surface area (Å²) in [5, 5.41) is 9.12. The van der Waals surface area contributed by atoms with Gasteiger partial charge in [0.2, 0.25) is 0 Å². The fraction of sp³-hybridized carbons (Fsp3) is 0.917. The first-order valence-corrected chi connectivity index (χ1v) is 6.17. The summed E-state index contributed by atoms with van der Waals surface area (Å²) in [4.78, 5) is 11.1. The van der Waals surface area contributed by atoms with Gasteiger partial charge in [-0.3, -0.25) is 4.79 Å². The van der Waals surface area contributed by atoms with E-state index in [-0.39, 0.29) is 11.7 Å². The molecule has 4 heteroatoms. The number of hydrogen-bond acceptors (Lipinski definition) is 3. The third-order valence-electron chi connectivity index (χ3n) is 3.93. The van der Waals surface area contributed by atoms with E-state index in [9.17, 15) is 4.79 Å². The standard InChI is InChI=1S/C12H20O4/c1-2-10(11(13)14)9-3-5-12(6-4-9)15-7-8-16-12/h9-10H,2-8H2,1H3,(H,13,14). The fourth-order valence-corrected chi connectivity index (χ4v) is 2.98. The summed E-state index contributed by atoms with van der Waals surface area (Å²) in [5.74, 6) is -0.927. The molecule has 2 rings (SSSR count). The Morgan fingerprint density at radius 3 is 2.38 bits per heavy atom. The van der Waals surface area contributed by atoms with Crippen LogP contribution in [0, 0.1) is 11.8 Å². The van der Waals surface area contributed by atoms with E-state index in [2.05, 4.69) is 0 Å². The summed E-state index contributed by atoms with van der Waals surface area (Å²) in [7, 11) is 0. The molecule has 1 saturated carbocycles.